The molecule has 1 amide bonds. The van der Waals surface area contributed by atoms with Crippen LogP contribution >= 0.6 is 0 Å². The first-order chi connectivity index (χ1) is 15.5. The van der Waals surface area contributed by atoms with Gasteiger partial charge in [-0.3, -0.25) is 9.59 Å². The Bertz CT molecular complexity index is 1200. The van der Waals surface area contributed by atoms with E-state index in [0.717, 1.165) is 47.5 Å². The molecule has 168 valence electrons. The predicted molar refractivity (Wildman–Crippen MR) is 124 cm³/mol. The molecule has 0 radical (unpaired) electrons. The Balaban J connectivity index is 1.36. The fraction of sp³-hybridized carbons (Fsp3) is 0.520. The van der Waals surface area contributed by atoms with Crippen LogP contribution in [0.1, 0.15) is 72.0 Å². The molecule has 7 nitrogen and oxygen atoms in total. The van der Waals surface area contributed by atoms with Gasteiger partial charge in [-0.1, -0.05) is 25.7 Å². The lowest BCUT2D eigenvalue weighted by molar-refractivity contribution is 0.0693. The number of hydrogen-bond donors (Lipinski definition) is 1. The number of carbonyl (C=O) groups excluding carboxylic acids is 1. The second kappa shape index (κ2) is 8.52. The maximum Gasteiger partial charge on any atom is 0.261 e. The minimum atomic E-state index is -0.302. The Kier molecular flexibility index (Phi) is 5.57. The summed E-state index contributed by atoms with van der Waals surface area (Å²) >= 11 is 0. The molecular formula is C25H31N5O2. The molecule has 32 heavy (non-hydrogen) atoms. The van der Waals surface area contributed by atoms with E-state index >= 15 is 0 Å². The van der Waals surface area contributed by atoms with Crippen LogP contribution in [0.15, 0.2) is 29.2 Å². The Labute approximate surface area is 187 Å². The summed E-state index contributed by atoms with van der Waals surface area (Å²) in [5, 5.41) is 0. The molecule has 3 aromatic rings. The van der Waals surface area contributed by atoms with E-state index in [1.165, 1.54) is 25.7 Å². The summed E-state index contributed by atoms with van der Waals surface area (Å²) in [6, 6.07) is 5.98. The molecular weight excluding hydrogens is 402 g/mol. The van der Waals surface area contributed by atoms with Crippen LogP contribution in [0.5, 0.6) is 0 Å². The molecule has 3 aromatic heterocycles. The zero-order valence-electron chi connectivity index (χ0n) is 18.9. The van der Waals surface area contributed by atoms with Gasteiger partial charge in [0.2, 0.25) is 0 Å². The maximum absolute atomic E-state index is 13.1. The van der Waals surface area contributed by atoms with E-state index in [-0.39, 0.29) is 23.1 Å². The number of imidazole rings is 1. The molecule has 1 saturated carbocycles. The lowest BCUT2D eigenvalue weighted by Crippen LogP contribution is -2.41. The predicted octanol–water partition coefficient (Wildman–Crippen LogP) is 3.95. The van der Waals surface area contributed by atoms with Gasteiger partial charge >= 0.3 is 0 Å². The van der Waals surface area contributed by atoms with Gasteiger partial charge in [-0.15, -0.1) is 0 Å². The number of fused-ring (bicyclic) bond motifs is 1. The molecule has 2 aliphatic rings. The van der Waals surface area contributed by atoms with Crippen LogP contribution < -0.4 is 5.56 Å². The normalized spacial score (nSPS) is 18.0. The Morgan fingerprint density at radius 2 is 1.91 bits per heavy atom. The van der Waals surface area contributed by atoms with Gasteiger partial charge < -0.3 is 14.5 Å². The number of hydrogen-bond acceptors (Lipinski definition) is 4. The number of likely N-dealkylation sites (tertiary alicyclic amines) is 1. The standard InChI is InChI=1S/C25H31N5O2/c1-16-14-20(24(31)27-17(16)2)25(32)29-12-9-19(10-13-29)30-22(15-18-6-3-4-7-18)28-21-8-5-11-26-23(21)30/h5,8,11,14,18-19H,3-4,6-7,9-10,12-13,15H2,1-2H3,(H,27,31). The topological polar surface area (TPSA) is 83.9 Å². The first kappa shape index (κ1) is 20.9. The smallest absolute Gasteiger partial charge is 0.261 e. The van der Waals surface area contributed by atoms with Crippen LogP contribution in [-0.4, -0.2) is 43.4 Å². The van der Waals surface area contributed by atoms with Crippen LogP contribution in [0, 0.1) is 19.8 Å². The minimum absolute atomic E-state index is 0.174. The van der Waals surface area contributed by atoms with E-state index in [0.29, 0.717) is 19.0 Å². The fourth-order valence-corrected chi connectivity index (χ4v) is 5.36. The molecule has 1 saturated heterocycles. The fourth-order valence-electron chi connectivity index (χ4n) is 5.36. The van der Waals surface area contributed by atoms with Crippen molar-refractivity contribution in [3.63, 3.8) is 0 Å². The van der Waals surface area contributed by atoms with Gasteiger partial charge in [0.25, 0.3) is 11.5 Å². The zero-order valence-corrected chi connectivity index (χ0v) is 18.9. The third-order valence-corrected chi connectivity index (χ3v) is 7.31. The number of aromatic nitrogens is 4. The first-order valence-corrected chi connectivity index (χ1v) is 11.8. The van der Waals surface area contributed by atoms with Gasteiger partial charge in [0, 0.05) is 37.4 Å². The van der Waals surface area contributed by atoms with Gasteiger partial charge in [-0.2, -0.15) is 0 Å². The SMILES string of the molecule is Cc1cc(C(=O)N2CCC(n3c(CC4CCCC4)nc4cccnc43)CC2)c(=O)[nH]c1C. The number of H-pyrrole nitrogens is 1. The van der Waals surface area contributed by atoms with E-state index in [1.807, 2.05) is 37.1 Å². The Morgan fingerprint density at radius 3 is 2.66 bits per heavy atom. The van der Waals surface area contributed by atoms with E-state index in [2.05, 4.69) is 14.5 Å². The molecule has 1 aliphatic carbocycles. The van der Waals surface area contributed by atoms with Crippen molar-refractivity contribution in [1.82, 2.24) is 24.4 Å². The summed E-state index contributed by atoms with van der Waals surface area (Å²) < 4.78 is 2.35. The molecule has 0 unspecified atom stereocenters. The van der Waals surface area contributed by atoms with E-state index in [9.17, 15) is 9.59 Å². The summed E-state index contributed by atoms with van der Waals surface area (Å²) in [6.07, 6.45) is 9.74. The van der Waals surface area contributed by atoms with Crippen LogP contribution in [0.4, 0.5) is 0 Å². The molecule has 2 fully saturated rings. The highest BCUT2D eigenvalue weighted by Gasteiger charge is 2.29. The van der Waals surface area contributed by atoms with Crippen molar-refractivity contribution in [2.75, 3.05) is 13.1 Å². The van der Waals surface area contributed by atoms with Crippen molar-refractivity contribution in [2.24, 2.45) is 5.92 Å². The first-order valence-electron chi connectivity index (χ1n) is 11.8. The number of amides is 1. The van der Waals surface area contributed by atoms with Gasteiger partial charge in [0.05, 0.1) is 0 Å². The molecule has 5 rings (SSSR count). The van der Waals surface area contributed by atoms with Gasteiger partial charge in [-0.05, 0) is 56.4 Å². The van der Waals surface area contributed by atoms with Crippen LogP contribution in [0.25, 0.3) is 11.2 Å². The summed E-state index contributed by atoms with van der Waals surface area (Å²) in [4.78, 5) is 39.6. The number of rotatable bonds is 4. The molecule has 0 atom stereocenters. The Morgan fingerprint density at radius 1 is 1.16 bits per heavy atom. The highest BCUT2D eigenvalue weighted by molar-refractivity contribution is 5.94. The summed E-state index contributed by atoms with van der Waals surface area (Å²) in [5.41, 5.74) is 3.58. The monoisotopic (exact) mass is 433 g/mol. The van der Waals surface area contributed by atoms with Crippen molar-refractivity contribution >= 4 is 17.1 Å². The average molecular weight is 434 g/mol. The second-order valence-corrected chi connectivity index (χ2v) is 9.44. The second-order valence-electron chi connectivity index (χ2n) is 9.44. The number of pyridine rings is 2. The summed E-state index contributed by atoms with van der Waals surface area (Å²) in [5.74, 6) is 1.68. The molecule has 1 N–H and O–H groups in total. The lowest BCUT2D eigenvalue weighted by Gasteiger charge is -2.33. The number of nitrogens with zero attached hydrogens (tertiary/aromatic N) is 4. The quantitative estimate of drug-likeness (QED) is 0.675. The number of aromatic amines is 1. The Hall–Kier alpha value is -2.96. The average Bonchev–Trinajstić information content (AvgIpc) is 3.43. The number of carbonyl (C=O) groups is 1. The maximum atomic E-state index is 13.1. The minimum Gasteiger partial charge on any atom is -0.338 e. The number of aryl methyl sites for hydroxylation is 2. The molecule has 1 aliphatic heterocycles. The highest BCUT2D eigenvalue weighted by atomic mass is 16.2. The molecule has 4 heterocycles. The number of nitrogens with one attached hydrogen (secondary N) is 1. The van der Waals surface area contributed by atoms with Crippen molar-refractivity contribution in [1.29, 1.82) is 0 Å². The lowest BCUT2D eigenvalue weighted by atomic mass is 10.0. The third kappa shape index (κ3) is 3.85. The van der Waals surface area contributed by atoms with Crippen LogP contribution in [-0.2, 0) is 6.42 Å². The summed E-state index contributed by atoms with van der Waals surface area (Å²) in [6.45, 7) is 5.02. The van der Waals surface area contributed by atoms with Crippen molar-refractivity contribution in [3.8, 4) is 0 Å². The highest BCUT2D eigenvalue weighted by Crippen LogP contribution is 2.33. The van der Waals surface area contributed by atoms with Crippen molar-refractivity contribution in [2.45, 2.75) is 64.8 Å². The third-order valence-electron chi connectivity index (χ3n) is 7.31. The van der Waals surface area contributed by atoms with E-state index in [4.69, 9.17) is 4.98 Å². The van der Waals surface area contributed by atoms with Crippen LogP contribution in [0.3, 0.4) is 0 Å². The van der Waals surface area contributed by atoms with E-state index in [1.54, 1.807) is 6.07 Å². The van der Waals surface area contributed by atoms with Gasteiger partial charge in [0.1, 0.15) is 16.9 Å². The molecule has 7 heteroatoms. The largest absolute Gasteiger partial charge is 0.338 e. The van der Waals surface area contributed by atoms with E-state index < -0.39 is 0 Å². The van der Waals surface area contributed by atoms with Crippen molar-refractivity contribution in [3.05, 3.63) is 57.4 Å². The summed E-state index contributed by atoms with van der Waals surface area (Å²) in [7, 11) is 0. The molecule has 0 bridgehead atoms. The van der Waals surface area contributed by atoms with Crippen molar-refractivity contribution < 1.29 is 4.79 Å². The van der Waals surface area contributed by atoms with Crippen LogP contribution in [0.2, 0.25) is 0 Å². The zero-order chi connectivity index (χ0) is 22.2. The van der Waals surface area contributed by atoms with Gasteiger partial charge in [-0.25, -0.2) is 9.97 Å². The molecule has 0 spiro atoms. The molecule has 0 aromatic carbocycles. The van der Waals surface area contributed by atoms with Gasteiger partial charge in [0.15, 0.2) is 5.65 Å². The number of piperidine rings is 1.